The molecule has 0 fully saturated rings. The van der Waals surface area contributed by atoms with Crippen LogP contribution in [0.5, 0.6) is 5.75 Å². The number of methoxy groups -OCH3 is 1. The summed E-state index contributed by atoms with van der Waals surface area (Å²) in [7, 11) is 7.78. The molecule has 2 aromatic rings. The highest BCUT2D eigenvalue weighted by atomic mass is 35.5. The number of likely N-dealkylation sites (N-methyl/N-ethyl adjacent to an activating group) is 1. The highest BCUT2D eigenvalue weighted by Crippen LogP contribution is 2.30. The standard InChI is InChI=1S/C16H18ClN.C8H19NO.C7H8O.CH3Cl/c1-3-8-13-9-4-6-11-15(13)18(2)16-12-7-5-10-14(16)17;1-5-8(10)7(2)6-9(3)4;1-8-7-5-3-2-4-6-7;1-2/h3-4,6-7,9,11-12H,1,5,8,10H2,2H3;7-8,10H,5-6H2,1-4H3;2-6H,1H3;1H3. The first-order chi connectivity index (χ1) is 18.2. The van der Waals surface area contributed by atoms with Crippen molar-refractivity contribution in [2.45, 2.75) is 45.6 Å². The molecular weight excluding hydrogens is 515 g/mol. The van der Waals surface area contributed by atoms with Gasteiger partial charge < -0.3 is 19.6 Å². The van der Waals surface area contributed by atoms with Crippen LogP contribution >= 0.6 is 23.2 Å². The molecule has 0 saturated carbocycles. The van der Waals surface area contributed by atoms with E-state index in [2.05, 4.69) is 78.4 Å². The highest BCUT2D eigenvalue weighted by Gasteiger charge is 2.14. The maximum absolute atomic E-state index is 9.35. The summed E-state index contributed by atoms with van der Waals surface area (Å²) in [6.45, 7) is 8.87. The molecule has 6 heteroatoms. The summed E-state index contributed by atoms with van der Waals surface area (Å²) in [6, 6.07) is 18.1. The lowest BCUT2D eigenvalue weighted by Gasteiger charge is -2.26. The van der Waals surface area contributed by atoms with Crippen LogP contribution in [0, 0.1) is 5.92 Å². The predicted molar refractivity (Wildman–Crippen MR) is 169 cm³/mol. The first-order valence-electron chi connectivity index (χ1n) is 13.0. The molecule has 0 radical (unpaired) electrons. The fourth-order valence-electron chi connectivity index (χ4n) is 3.87. The van der Waals surface area contributed by atoms with Crippen LogP contribution in [0.25, 0.3) is 0 Å². The van der Waals surface area contributed by atoms with Crippen molar-refractivity contribution in [3.63, 3.8) is 0 Å². The molecule has 0 aromatic heterocycles. The summed E-state index contributed by atoms with van der Waals surface area (Å²) in [5.41, 5.74) is 3.56. The molecule has 0 bridgehead atoms. The first-order valence-corrected chi connectivity index (χ1v) is 14.2. The van der Waals surface area contributed by atoms with E-state index in [1.165, 1.54) is 17.6 Å². The lowest BCUT2D eigenvalue weighted by atomic mass is 10.0. The normalized spacial score (nSPS) is 13.6. The number of ether oxygens (including phenoxy) is 1. The van der Waals surface area contributed by atoms with E-state index in [0.29, 0.717) is 5.92 Å². The van der Waals surface area contributed by atoms with E-state index < -0.39 is 0 Å². The quantitative estimate of drug-likeness (QED) is 0.247. The molecule has 1 aliphatic rings. The van der Waals surface area contributed by atoms with Crippen molar-refractivity contribution in [1.82, 2.24) is 4.90 Å². The van der Waals surface area contributed by atoms with E-state index in [1.807, 2.05) is 57.4 Å². The number of hydrogen-bond acceptors (Lipinski definition) is 4. The Labute approximate surface area is 242 Å². The fraction of sp³-hybridized carbons (Fsp3) is 0.438. The first kappa shape index (κ1) is 35.8. The minimum atomic E-state index is -0.137. The van der Waals surface area contributed by atoms with Crippen molar-refractivity contribution in [2.75, 3.05) is 46.1 Å². The topological polar surface area (TPSA) is 35.9 Å². The molecule has 0 saturated heterocycles. The van der Waals surface area contributed by atoms with E-state index in [0.717, 1.165) is 48.7 Å². The van der Waals surface area contributed by atoms with Gasteiger partial charge in [-0.15, -0.1) is 18.2 Å². The van der Waals surface area contributed by atoms with Gasteiger partial charge in [0.1, 0.15) is 5.75 Å². The Morgan fingerprint density at radius 1 is 1.05 bits per heavy atom. The largest absolute Gasteiger partial charge is 0.497 e. The van der Waals surface area contributed by atoms with Crippen LogP contribution in [0.15, 0.2) is 90.1 Å². The van der Waals surface area contributed by atoms with Gasteiger partial charge in [-0.3, -0.25) is 0 Å². The van der Waals surface area contributed by atoms with E-state index in [4.69, 9.17) is 16.3 Å². The zero-order valence-electron chi connectivity index (χ0n) is 24.3. The van der Waals surface area contributed by atoms with Gasteiger partial charge in [0.05, 0.1) is 18.9 Å². The molecule has 2 aromatic carbocycles. The molecule has 212 valence electrons. The van der Waals surface area contributed by atoms with Crippen LogP contribution in [0.1, 0.15) is 38.7 Å². The lowest BCUT2D eigenvalue weighted by molar-refractivity contribution is 0.0964. The number of nitrogens with zero attached hydrogens (tertiary/aromatic N) is 2. The number of benzene rings is 2. The third kappa shape index (κ3) is 14.1. The molecule has 1 N–H and O–H groups in total. The summed E-state index contributed by atoms with van der Waals surface area (Å²) in [5.74, 6) is 1.30. The van der Waals surface area contributed by atoms with Crippen LogP contribution in [0.3, 0.4) is 0 Å². The number of rotatable bonds is 9. The molecule has 4 nitrogen and oxygen atoms in total. The van der Waals surface area contributed by atoms with Crippen LogP contribution in [0.4, 0.5) is 5.69 Å². The van der Waals surface area contributed by atoms with Gasteiger partial charge in [-0.1, -0.05) is 74.0 Å². The Bertz CT molecular complexity index is 945. The summed E-state index contributed by atoms with van der Waals surface area (Å²) < 4.78 is 4.91. The number of hydrogen-bond donors (Lipinski definition) is 1. The zero-order valence-corrected chi connectivity index (χ0v) is 25.8. The van der Waals surface area contributed by atoms with E-state index >= 15 is 0 Å². The molecule has 0 aliphatic heterocycles. The third-order valence-electron chi connectivity index (χ3n) is 5.87. The van der Waals surface area contributed by atoms with Crippen LogP contribution in [-0.4, -0.2) is 57.3 Å². The maximum atomic E-state index is 9.35. The van der Waals surface area contributed by atoms with Gasteiger partial charge >= 0.3 is 0 Å². The van der Waals surface area contributed by atoms with Gasteiger partial charge in [-0.05, 0) is 75.5 Å². The second kappa shape index (κ2) is 21.7. The Hall–Kier alpha value is -2.24. The van der Waals surface area contributed by atoms with Crippen molar-refractivity contribution in [3.05, 3.63) is 95.7 Å². The summed E-state index contributed by atoms with van der Waals surface area (Å²) in [6.07, 6.45) is 11.2. The average Bonchev–Trinajstić information content (AvgIpc) is 2.95. The van der Waals surface area contributed by atoms with Gasteiger partial charge in [-0.25, -0.2) is 0 Å². The molecule has 0 amide bonds. The fourth-order valence-corrected chi connectivity index (χ4v) is 4.17. The van der Waals surface area contributed by atoms with Gasteiger partial charge in [0, 0.05) is 30.7 Å². The average molecular weight is 564 g/mol. The molecule has 38 heavy (non-hydrogen) atoms. The van der Waals surface area contributed by atoms with E-state index in [-0.39, 0.29) is 6.10 Å². The Morgan fingerprint density at radius 3 is 2.16 bits per heavy atom. The maximum Gasteiger partial charge on any atom is 0.118 e. The second-order valence-corrected chi connectivity index (χ2v) is 9.60. The van der Waals surface area contributed by atoms with Gasteiger partial charge in [-0.2, -0.15) is 0 Å². The third-order valence-corrected chi connectivity index (χ3v) is 6.25. The number of aliphatic hydroxyl groups is 1. The Balaban J connectivity index is 0.000000579. The Morgan fingerprint density at radius 2 is 1.66 bits per heavy atom. The molecule has 2 unspecified atom stereocenters. The summed E-state index contributed by atoms with van der Waals surface area (Å²) in [5, 5.41) is 10.3. The molecular formula is C32H48Cl2N2O2. The van der Waals surface area contributed by atoms with Crippen molar-refractivity contribution in [3.8, 4) is 5.75 Å². The minimum absolute atomic E-state index is 0.137. The molecule has 0 spiro atoms. The molecule has 3 rings (SSSR count). The number of alkyl halides is 1. The van der Waals surface area contributed by atoms with Gasteiger partial charge in [0.2, 0.25) is 0 Å². The van der Waals surface area contributed by atoms with Crippen molar-refractivity contribution < 1.29 is 9.84 Å². The Kier molecular flexibility index (Phi) is 20.4. The molecule has 0 heterocycles. The lowest BCUT2D eigenvalue weighted by Crippen LogP contribution is -2.28. The van der Waals surface area contributed by atoms with Crippen LogP contribution < -0.4 is 9.64 Å². The minimum Gasteiger partial charge on any atom is -0.497 e. The number of halogens is 2. The van der Waals surface area contributed by atoms with Crippen molar-refractivity contribution >= 4 is 28.9 Å². The highest BCUT2D eigenvalue weighted by molar-refractivity contribution is 6.30. The zero-order chi connectivity index (χ0) is 28.9. The van der Waals surface area contributed by atoms with E-state index in [1.54, 1.807) is 7.11 Å². The molecule has 1 aliphatic carbocycles. The van der Waals surface area contributed by atoms with Crippen LogP contribution in [-0.2, 0) is 6.42 Å². The smallest absolute Gasteiger partial charge is 0.118 e. The number of para-hydroxylation sites is 2. The van der Waals surface area contributed by atoms with Crippen LogP contribution in [0.2, 0.25) is 0 Å². The molecule has 2 atom stereocenters. The van der Waals surface area contributed by atoms with Gasteiger partial charge in [0.15, 0.2) is 0 Å². The van der Waals surface area contributed by atoms with E-state index in [9.17, 15) is 5.11 Å². The van der Waals surface area contributed by atoms with Gasteiger partial charge in [0.25, 0.3) is 0 Å². The number of allylic oxidation sites excluding steroid dienone is 4. The SMILES string of the molecule is C=CCc1ccccc1N(C)C1=C(Cl)CCC=C1.CCC(O)C(C)CN(C)C.CCl.COc1ccccc1. The second-order valence-electron chi connectivity index (χ2n) is 9.14. The summed E-state index contributed by atoms with van der Waals surface area (Å²) >= 11 is 11.0. The van der Waals surface area contributed by atoms with Crippen molar-refractivity contribution in [1.29, 1.82) is 0 Å². The number of anilines is 1. The predicted octanol–water partition coefficient (Wildman–Crippen LogP) is 8.16. The monoisotopic (exact) mass is 562 g/mol. The summed E-state index contributed by atoms with van der Waals surface area (Å²) in [4.78, 5) is 4.26. The van der Waals surface area contributed by atoms with Crippen molar-refractivity contribution in [2.24, 2.45) is 5.92 Å². The number of aliphatic hydroxyl groups excluding tert-OH is 1.